The van der Waals surface area contributed by atoms with Crippen molar-refractivity contribution < 1.29 is 14.2 Å². The number of hydrogen-bond donors (Lipinski definition) is 1. The lowest BCUT2D eigenvalue weighted by Crippen LogP contribution is -2.27. The molecule has 1 heterocycles. The number of carbonyl (C=O) groups is 1. The topological polar surface area (TPSA) is 90.7 Å². The molecule has 0 aliphatic heterocycles. The van der Waals surface area contributed by atoms with E-state index in [1.54, 1.807) is 12.1 Å². The summed E-state index contributed by atoms with van der Waals surface area (Å²) in [5.74, 6) is 0.730. The molecular weight excluding hydrogens is 318 g/mol. The van der Waals surface area contributed by atoms with Gasteiger partial charge in [0.15, 0.2) is 11.5 Å². The number of hydrogen-bond acceptors (Lipinski definition) is 5. The van der Waals surface area contributed by atoms with E-state index >= 15 is 0 Å². The van der Waals surface area contributed by atoms with Crippen LogP contribution in [0.15, 0.2) is 40.0 Å². The molecule has 1 unspecified atom stereocenters. The molecule has 1 aliphatic carbocycles. The molecule has 1 aliphatic rings. The first-order chi connectivity index (χ1) is 11.9. The van der Waals surface area contributed by atoms with Gasteiger partial charge in [0.2, 0.25) is 0 Å². The normalized spacial score (nSPS) is 17.9. The Morgan fingerprint density at radius 1 is 1.32 bits per heavy atom. The van der Waals surface area contributed by atoms with E-state index in [1.807, 2.05) is 18.2 Å². The summed E-state index contributed by atoms with van der Waals surface area (Å²) in [6, 6.07) is 9.12. The van der Waals surface area contributed by atoms with Crippen LogP contribution in [0.4, 0.5) is 0 Å². The van der Waals surface area contributed by atoms with E-state index in [-0.39, 0.29) is 16.9 Å². The van der Waals surface area contributed by atoms with E-state index in [2.05, 4.69) is 31.1 Å². The van der Waals surface area contributed by atoms with Crippen LogP contribution in [0.1, 0.15) is 54.6 Å². The molecule has 0 radical (unpaired) electrons. The van der Waals surface area contributed by atoms with Gasteiger partial charge in [-0.15, -0.1) is 0 Å². The van der Waals surface area contributed by atoms with Crippen molar-refractivity contribution in [2.45, 2.75) is 40.0 Å². The lowest BCUT2D eigenvalue weighted by atomic mass is 9.71. The summed E-state index contributed by atoms with van der Waals surface area (Å²) in [4.78, 5) is 17.4. The van der Waals surface area contributed by atoms with Gasteiger partial charge in [0.05, 0.1) is 0 Å². The number of amidine groups is 1. The molecule has 2 aromatic rings. The Kier molecular flexibility index (Phi) is 4.61. The van der Waals surface area contributed by atoms with Gasteiger partial charge in [-0.1, -0.05) is 61.4 Å². The summed E-state index contributed by atoms with van der Waals surface area (Å²) in [6.07, 6.45) is 2.57. The third kappa shape index (κ3) is 3.73. The standard InChI is InChI=1S/C19H23N3O3/c1-19(2,3)13-9-10-15-14(11-13)16(21-24-15)18(23)25-22-17(20)12-7-5-4-6-8-12/h4-8,13H,9-11H2,1-3H3,(H2,20,22). The number of rotatable bonds is 3. The van der Waals surface area contributed by atoms with Gasteiger partial charge in [0, 0.05) is 17.5 Å². The minimum Gasteiger partial charge on any atom is -0.380 e. The molecule has 0 saturated carbocycles. The minimum absolute atomic E-state index is 0.138. The van der Waals surface area contributed by atoms with Crippen LogP contribution in [-0.4, -0.2) is 17.0 Å². The number of nitrogens with two attached hydrogens (primary N) is 1. The molecule has 1 atom stereocenters. The summed E-state index contributed by atoms with van der Waals surface area (Å²) in [6.45, 7) is 6.62. The average molecular weight is 341 g/mol. The van der Waals surface area contributed by atoms with E-state index in [4.69, 9.17) is 15.1 Å². The second-order valence-electron chi connectivity index (χ2n) is 7.46. The molecule has 0 amide bonds. The van der Waals surface area contributed by atoms with Crippen LogP contribution in [0.5, 0.6) is 0 Å². The predicted molar refractivity (Wildman–Crippen MR) is 94.1 cm³/mol. The number of carbonyl (C=O) groups excluding carboxylic acids is 1. The Morgan fingerprint density at radius 3 is 2.72 bits per heavy atom. The van der Waals surface area contributed by atoms with Gasteiger partial charge in [0.1, 0.15) is 5.76 Å². The van der Waals surface area contributed by atoms with Gasteiger partial charge in [-0.25, -0.2) is 4.79 Å². The third-order valence-electron chi connectivity index (χ3n) is 4.75. The monoisotopic (exact) mass is 341 g/mol. The van der Waals surface area contributed by atoms with E-state index in [0.29, 0.717) is 11.5 Å². The molecule has 0 fully saturated rings. The number of nitrogens with zero attached hydrogens (tertiary/aromatic N) is 2. The summed E-state index contributed by atoms with van der Waals surface area (Å²) >= 11 is 0. The van der Waals surface area contributed by atoms with Crippen LogP contribution in [0.3, 0.4) is 0 Å². The maximum Gasteiger partial charge on any atom is 0.387 e. The zero-order valence-corrected chi connectivity index (χ0v) is 14.8. The maximum absolute atomic E-state index is 12.4. The maximum atomic E-state index is 12.4. The van der Waals surface area contributed by atoms with Crippen molar-refractivity contribution >= 4 is 11.8 Å². The van der Waals surface area contributed by atoms with Crippen LogP contribution >= 0.6 is 0 Å². The van der Waals surface area contributed by atoms with Gasteiger partial charge in [-0.2, -0.15) is 0 Å². The average Bonchev–Trinajstić information content (AvgIpc) is 3.02. The van der Waals surface area contributed by atoms with Crippen LogP contribution < -0.4 is 5.73 Å². The van der Waals surface area contributed by atoms with Crippen molar-refractivity contribution in [1.29, 1.82) is 0 Å². The van der Waals surface area contributed by atoms with E-state index in [1.165, 1.54) is 0 Å². The number of oxime groups is 1. The van der Waals surface area contributed by atoms with Crippen molar-refractivity contribution in [2.75, 3.05) is 0 Å². The first kappa shape index (κ1) is 17.2. The van der Waals surface area contributed by atoms with E-state index in [0.717, 1.165) is 30.6 Å². The highest BCUT2D eigenvalue weighted by Crippen LogP contribution is 2.38. The highest BCUT2D eigenvalue weighted by Gasteiger charge is 2.34. The number of benzene rings is 1. The summed E-state index contributed by atoms with van der Waals surface area (Å²) in [5.41, 5.74) is 7.73. The lowest BCUT2D eigenvalue weighted by Gasteiger charge is -2.33. The van der Waals surface area contributed by atoms with Crippen molar-refractivity contribution in [2.24, 2.45) is 22.2 Å². The molecule has 2 N–H and O–H groups in total. The first-order valence-corrected chi connectivity index (χ1v) is 8.44. The predicted octanol–water partition coefficient (Wildman–Crippen LogP) is 3.30. The fraction of sp³-hybridized carbons (Fsp3) is 0.421. The molecule has 0 spiro atoms. The lowest BCUT2D eigenvalue weighted by molar-refractivity contribution is 0.0502. The molecular formula is C19H23N3O3. The van der Waals surface area contributed by atoms with Gasteiger partial charge >= 0.3 is 5.97 Å². The number of aromatic nitrogens is 1. The fourth-order valence-corrected chi connectivity index (χ4v) is 3.10. The second kappa shape index (κ2) is 6.70. The molecule has 1 aromatic carbocycles. The Bertz CT molecular complexity index is 788. The van der Waals surface area contributed by atoms with Gasteiger partial charge in [-0.05, 0) is 24.2 Å². The molecule has 25 heavy (non-hydrogen) atoms. The summed E-state index contributed by atoms with van der Waals surface area (Å²) in [5, 5.41) is 7.64. The SMILES string of the molecule is CC(C)(C)C1CCc2onc(C(=O)O/N=C(\N)c3ccccc3)c2C1. The van der Waals surface area contributed by atoms with Crippen LogP contribution in [0.25, 0.3) is 0 Å². The van der Waals surface area contributed by atoms with Crippen LogP contribution in [0, 0.1) is 11.3 Å². The van der Waals surface area contributed by atoms with Crippen LogP contribution in [0.2, 0.25) is 0 Å². The Balaban J connectivity index is 1.75. The Morgan fingerprint density at radius 2 is 2.04 bits per heavy atom. The quantitative estimate of drug-likeness (QED) is 0.400. The largest absolute Gasteiger partial charge is 0.387 e. The minimum atomic E-state index is -0.640. The Hall–Kier alpha value is -2.63. The second-order valence-corrected chi connectivity index (χ2v) is 7.46. The van der Waals surface area contributed by atoms with Gasteiger partial charge in [-0.3, -0.25) is 0 Å². The van der Waals surface area contributed by atoms with E-state index in [9.17, 15) is 4.79 Å². The first-order valence-electron chi connectivity index (χ1n) is 8.44. The van der Waals surface area contributed by atoms with Gasteiger partial charge < -0.3 is 15.1 Å². The summed E-state index contributed by atoms with van der Waals surface area (Å²) < 4.78 is 5.33. The van der Waals surface area contributed by atoms with E-state index < -0.39 is 5.97 Å². The van der Waals surface area contributed by atoms with Gasteiger partial charge in [0.25, 0.3) is 0 Å². The summed E-state index contributed by atoms with van der Waals surface area (Å²) in [7, 11) is 0. The molecule has 0 saturated heterocycles. The molecule has 3 rings (SSSR count). The number of aryl methyl sites for hydroxylation is 1. The third-order valence-corrected chi connectivity index (χ3v) is 4.75. The van der Waals surface area contributed by atoms with Crippen molar-refractivity contribution in [1.82, 2.24) is 5.16 Å². The molecule has 6 nitrogen and oxygen atoms in total. The van der Waals surface area contributed by atoms with Crippen molar-refractivity contribution in [3.8, 4) is 0 Å². The zero-order valence-electron chi connectivity index (χ0n) is 14.8. The molecule has 6 heteroatoms. The molecule has 132 valence electrons. The van der Waals surface area contributed by atoms with Crippen molar-refractivity contribution in [3.05, 3.63) is 52.9 Å². The Labute approximate surface area is 147 Å². The zero-order chi connectivity index (χ0) is 18.0. The highest BCUT2D eigenvalue weighted by molar-refractivity contribution is 5.98. The molecule has 0 bridgehead atoms. The molecule has 1 aromatic heterocycles. The fourth-order valence-electron chi connectivity index (χ4n) is 3.10. The highest BCUT2D eigenvalue weighted by atomic mass is 16.7. The smallest absolute Gasteiger partial charge is 0.380 e. The van der Waals surface area contributed by atoms with Crippen molar-refractivity contribution in [3.63, 3.8) is 0 Å². The van der Waals surface area contributed by atoms with Crippen LogP contribution in [-0.2, 0) is 17.7 Å². The number of fused-ring (bicyclic) bond motifs is 1.